The summed E-state index contributed by atoms with van der Waals surface area (Å²) in [6.45, 7) is 0.492. The van der Waals surface area contributed by atoms with Crippen molar-refractivity contribution in [2.75, 3.05) is 6.54 Å². The molecule has 4 heteroatoms. The first-order valence-electron chi connectivity index (χ1n) is 4.94. The molecule has 0 radical (unpaired) electrons. The molecule has 1 aromatic rings. The van der Waals surface area contributed by atoms with Crippen LogP contribution >= 0.6 is 15.9 Å². The van der Waals surface area contributed by atoms with E-state index in [0.29, 0.717) is 19.4 Å². The largest absolute Gasteiger partial charge is 0.508 e. The van der Waals surface area contributed by atoms with Crippen molar-refractivity contribution >= 4 is 15.9 Å². The Labute approximate surface area is 97.0 Å². The van der Waals surface area contributed by atoms with Crippen LogP contribution in [0.15, 0.2) is 22.7 Å². The Bertz CT molecular complexity index is 375. The third-order valence-electron chi connectivity index (χ3n) is 3.16. The lowest BCUT2D eigenvalue weighted by molar-refractivity contribution is 0.0217. The van der Waals surface area contributed by atoms with E-state index in [1.165, 1.54) is 0 Å². The van der Waals surface area contributed by atoms with Crippen molar-refractivity contribution in [2.24, 2.45) is 5.73 Å². The number of phenols is 1. The van der Waals surface area contributed by atoms with E-state index in [1.54, 1.807) is 12.1 Å². The summed E-state index contributed by atoms with van der Waals surface area (Å²) < 4.78 is 0.942. The summed E-state index contributed by atoms with van der Waals surface area (Å²) in [6, 6.07) is 5.17. The lowest BCUT2D eigenvalue weighted by atomic mass is 9.63. The normalized spacial score (nSPS) is 29.9. The molecule has 0 atom stereocenters. The molecule has 0 aromatic heterocycles. The first-order valence-corrected chi connectivity index (χ1v) is 5.74. The molecule has 0 unspecified atom stereocenters. The van der Waals surface area contributed by atoms with E-state index < -0.39 is 0 Å². The first-order chi connectivity index (χ1) is 7.07. The smallest absolute Gasteiger partial charge is 0.115 e. The number of hydrogen-bond acceptors (Lipinski definition) is 3. The van der Waals surface area contributed by atoms with Gasteiger partial charge in [-0.25, -0.2) is 0 Å². The van der Waals surface area contributed by atoms with E-state index in [1.807, 2.05) is 6.07 Å². The molecule has 1 saturated carbocycles. The minimum atomic E-state index is -0.261. The molecule has 15 heavy (non-hydrogen) atoms. The molecule has 0 bridgehead atoms. The zero-order chi connectivity index (χ0) is 11.1. The summed E-state index contributed by atoms with van der Waals surface area (Å²) in [5.74, 6) is 0.238. The Kier molecular flexibility index (Phi) is 2.75. The van der Waals surface area contributed by atoms with Gasteiger partial charge < -0.3 is 15.9 Å². The fourth-order valence-corrected chi connectivity index (χ4v) is 2.93. The summed E-state index contributed by atoms with van der Waals surface area (Å²) in [6.07, 6.45) is 1.08. The lowest BCUT2D eigenvalue weighted by Crippen LogP contribution is -2.50. The number of aliphatic hydroxyl groups is 1. The second-order valence-electron chi connectivity index (χ2n) is 4.21. The van der Waals surface area contributed by atoms with Gasteiger partial charge in [-0.3, -0.25) is 0 Å². The zero-order valence-electron chi connectivity index (χ0n) is 8.28. The predicted molar refractivity (Wildman–Crippen MR) is 61.8 cm³/mol. The zero-order valence-corrected chi connectivity index (χ0v) is 9.87. The van der Waals surface area contributed by atoms with Crippen LogP contribution in [0, 0.1) is 0 Å². The number of halogens is 1. The van der Waals surface area contributed by atoms with Gasteiger partial charge in [0.05, 0.1) is 6.10 Å². The molecule has 3 nitrogen and oxygen atoms in total. The second kappa shape index (κ2) is 3.77. The number of hydrogen-bond donors (Lipinski definition) is 3. The summed E-state index contributed by atoms with van der Waals surface area (Å²) in [7, 11) is 0. The monoisotopic (exact) mass is 271 g/mol. The molecule has 0 amide bonds. The third kappa shape index (κ3) is 1.77. The Morgan fingerprint density at radius 3 is 2.67 bits per heavy atom. The Morgan fingerprint density at radius 2 is 2.13 bits per heavy atom. The van der Waals surface area contributed by atoms with Gasteiger partial charge in [-0.15, -0.1) is 0 Å². The van der Waals surface area contributed by atoms with Crippen molar-refractivity contribution in [2.45, 2.75) is 24.4 Å². The van der Waals surface area contributed by atoms with Gasteiger partial charge in [0.2, 0.25) is 0 Å². The minimum Gasteiger partial charge on any atom is -0.508 e. The van der Waals surface area contributed by atoms with E-state index in [0.717, 1.165) is 10.0 Å². The van der Waals surface area contributed by atoms with Gasteiger partial charge in [-0.05, 0) is 36.6 Å². The number of nitrogens with two attached hydrogens (primary N) is 1. The second-order valence-corrected chi connectivity index (χ2v) is 5.07. The van der Waals surface area contributed by atoms with Gasteiger partial charge in [0.15, 0.2) is 0 Å². The predicted octanol–water partition coefficient (Wildman–Crippen LogP) is 1.51. The highest BCUT2D eigenvalue weighted by Gasteiger charge is 2.44. The fraction of sp³-hybridized carbons (Fsp3) is 0.455. The van der Waals surface area contributed by atoms with Crippen LogP contribution in [-0.4, -0.2) is 22.9 Å². The van der Waals surface area contributed by atoms with E-state index in [9.17, 15) is 10.2 Å². The van der Waals surface area contributed by atoms with Crippen LogP contribution in [0.5, 0.6) is 5.75 Å². The van der Waals surface area contributed by atoms with Gasteiger partial charge in [-0.1, -0.05) is 15.9 Å². The van der Waals surface area contributed by atoms with Gasteiger partial charge >= 0.3 is 0 Å². The SMILES string of the molecule is NCC1(c2cc(O)ccc2Br)CC(O)C1. The molecule has 0 aliphatic heterocycles. The maximum Gasteiger partial charge on any atom is 0.115 e. The van der Waals surface area contributed by atoms with Crippen molar-refractivity contribution in [1.82, 2.24) is 0 Å². The van der Waals surface area contributed by atoms with Crippen LogP contribution in [0.2, 0.25) is 0 Å². The highest BCUT2D eigenvalue weighted by Crippen LogP contribution is 2.46. The molecule has 1 fully saturated rings. The Morgan fingerprint density at radius 1 is 1.47 bits per heavy atom. The quantitative estimate of drug-likeness (QED) is 0.764. The Balaban J connectivity index is 2.39. The number of aromatic hydroxyl groups is 1. The summed E-state index contributed by atoms with van der Waals surface area (Å²) in [4.78, 5) is 0. The van der Waals surface area contributed by atoms with Crippen molar-refractivity contribution in [1.29, 1.82) is 0 Å². The van der Waals surface area contributed by atoms with Gasteiger partial charge in [0.25, 0.3) is 0 Å². The van der Waals surface area contributed by atoms with E-state index in [2.05, 4.69) is 15.9 Å². The molecule has 82 valence electrons. The number of aliphatic hydroxyl groups excluding tert-OH is 1. The molecule has 1 aliphatic carbocycles. The maximum atomic E-state index is 9.46. The van der Waals surface area contributed by atoms with Crippen molar-refractivity contribution < 1.29 is 10.2 Å². The van der Waals surface area contributed by atoms with Crippen molar-refractivity contribution in [3.63, 3.8) is 0 Å². The molecule has 0 saturated heterocycles. The topological polar surface area (TPSA) is 66.5 Å². The molecule has 1 aromatic carbocycles. The van der Waals surface area contributed by atoms with Crippen LogP contribution in [0.1, 0.15) is 18.4 Å². The average molecular weight is 272 g/mol. The lowest BCUT2D eigenvalue weighted by Gasteiger charge is -2.45. The van der Waals surface area contributed by atoms with Crippen LogP contribution in [0.4, 0.5) is 0 Å². The van der Waals surface area contributed by atoms with E-state index in [4.69, 9.17) is 5.73 Å². The first kappa shape index (κ1) is 10.9. The number of phenolic OH excluding ortho intramolecular Hbond substituents is 1. The van der Waals surface area contributed by atoms with Crippen LogP contribution < -0.4 is 5.73 Å². The number of benzene rings is 1. The van der Waals surface area contributed by atoms with Crippen LogP contribution in [0.3, 0.4) is 0 Å². The van der Waals surface area contributed by atoms with E-state index >= 15 is 0 Å². The molecule has 4 N–H and O–H groups in total. The summed E-state index contributed by atoms with van der Waals surface area (Å²) >= 11 is 3.45. The van der Waals surface area contributed by atoms with Gasteiger partial charge in [0.1, 0.15) is 5.75 Å². The molecular formula is C11H14BrNO2. The molecule has 2 rings (SSSR count). The van der Waals surface area contributed by atoms with Gasteiger partial charge in [-0.2, -0.15) is 0 Å². The third-order valence-corrected chi connectivity index (χ3v) is 3.86. The van der Waals surface area contributed by atoms with Crippen molar-refractivity contribution in [3.05, 3.63) is 28.2 Å². The average Bonchev–Trinajstić information content (AvgIpc) is 2.17. The molecule has 0 heterocycles. The van der Waals surface area contributed by atoms with Crippen LogP contribution in [0.25, 0.3) is 0 Å². The van der Waals surface area contributed by atoms with Gasteiger partial charge in [0, 0.05) is 16.4 Å². The highest BCUT2D eigenvalue weighted by atomic mass is 79.9. The minimum absolute atomic E-state index is 0.170. The highest BCUT2D eigenvalue weighted by molar-refractivity contribution is 9.10. The molecule has 1 aliphatic rings. The van der Waals surface area contributed by atoms with Crippen LogP contribution in [-0.2, 0) is 5.41 Å². The maximum absolute atomic E-state index is 9.46. The summed E-state index contributed by atoms with van der Waals surface area (Å²) in [5, 5.41) is 18.9. The van der Waals surface area contributed by atoms with Crippen molar-refractivity contribution in [3.8, 4) is 5.75 Å². The Hall–Kier alpha value is -0.580. The standard InChI is InChI=1S/C11H14BrNO2/c12-10-2-1-7(14)3-9(10)11(6-13)4-8(15)5-11/h1-3,8,14-15H,4-6,13H2. The fourth-order valence-electron chi connectivity index (χ4n) is 2.26. The summed E-state index contributed by atoms with van der Waals surface area (Å²) in [5.41, 5.74) is 6.59. The number of rotatable bonds is 2. The molecule has 0 spiro atoms. The van der Waals surface area contributed by atoms with E-state index in [-0.39, 0.29) is 17.3 Å². The molecular weight excluding hydrogens is 258 g/mol.